The van der Waals surface area contributed by atoms with E-state index in [1.54, 1.807) is 0 Å². The SMILES string of the molecule is CC(C)n1c(=S)[nH]c2cccc(C#N)c21. The predicted octanol–water partition coefficient (Wildman–Crippen LogP) is 3.15. The molecule has 1 aromatic heterocycles. The van der Waals surface area contributed by atoms with Crippen LogP contribution in [0.3, 0.4) is 0 Å². The maximum Gasteiger partial charge on any atom is 0.178 e. The van der Waals surface area contributed by atoms with E-state index < -0.39 is 0 Å². The van der Waals surface area contributed by atoms with Gasteiger partial charge in [0, 0.05) is 6.04 Å². The summed E-state index contributed by atoms with van der Waals surface area (Å²) in [5.41, 5.74) is 2.49. The molecule has 0 bridgehead atoms. The standard InChI is InChI=1S/C11H11N3S/c1-7(2)14-10-8(6-12)4-3-5-9(10)13-11(14)15/h3-5,7H,1-2H3,(H,13,15). The second-order valence-corrected chi connectivity index (χ2v) is 4.09. The van der Waals surface area contributed by atoms with Crippen LogP contribution in [0.15, 0.2) is 18.2 Å². The first-order valence-electron chi connectivity index (χ1n) is 4.78. The zero-order valence-corrected chi connectivity index (χ0v) is 9.43. The highest BCUT2D eigenvalue weighted by Crippen LogP contribution is 2.21. The van der Waals surface area contributed by atoms with Gasteiger partial charge in [-0.25, -0.2) is 0 Å². The Hall–Kier alpha value is -1.60. The van der Waals surface area contributed by atoms with Gasteiger partial charge >= 0.3 is 0 Å². The number of benzene rings is 1. The summed E-state index contributed by atoms with van der Waals surface area (Å²) in [4.78, 5) is 3.11. The number of imidazole rings is 1. The second-order valence-electron chi connectivity index (χ2n) is 3.71. The molecular weight excluding hydrogens is 206 g/mol. The fourth-order valence-electron chi connectivity index (χ4n) is 1.76. The molecule has 0 unspecified atom stereocenters. The Morgan fingerprint density at radius 2 is 2.20 bits per heavy atom. The topological polar surface area (TPSA) is 44.5 Å². The Bertz CT molecular complexity index is 598. The lowest BCUT2D eigenvalue weighted by molar-refractivity contribution is 0.609. The molecule has 76 valence electrons. The average molecular weight is 217 g/mol. The van der Waals surface area contributed by atoms with Gasteiger partial charge in [0.25, 0.3) is 0 Å². The summed E-state index contributed by atoms with van der Waals surface area (Å²) >= 11 is 5.23. The molecule has 1 aromatic carbocycles. The van der Waals surface area contributed by atoms with Gasteiger partial charge in [0.05, 0.1) is 16.6 Å². The summed E-state index contributed by atoms with van der Waals surface area (Å²) in [7, 11) is 0. The normalized spacial score (nSPS) is 10.8. The average Bonchev–Trinajstić information content (AvgIpc) is 2.53. The molecule has 0 radical (unpaired) electrons. The molecule has 0 aliphatic carbocycles. The lowest BCUT2D eigenvalue weighted by Crippen LogP contribution is -2.01. The third kappa shape index (κ3) is 1.45. The summed E-state index contributed by atoms with van der Waals surface area (Å²) in [5, 5.41) is 9.04. The lowest BCUT2D eigenvalue weighted by Gasteiger charge is -2.08. The van der Waals surface area contributed by atoms with Crippen LogP contribution in [0.1, 0.15) is 25.5 Å². The van der Waals surface area contributed by atoms with Crippen LogP contribution >= 0.6 is 12.2 Å². The van der Waals surface area contributed by atoms with Crippen molar-refractivity contribution in [3.63, 3.8) is 0 Å². The first kappa shape index (κ1) is 9.94. The van der Waals surface area contributed by atoms with Gasteiger partial charge in [-0.3, -0.25) is 0 Å². The number of aromatic nitrogens is 2. The van der Waals surface area contributed by atoms with Gasteiger partial charge < -0.3 is 9.55 Å². The number of nitrogens with zero attached hydrogens (tertiary/aromatic N) is 2. The lowest BCUT2D eigenvalue weighted by atomic mass is 10.2. The molecule has 0 aliphatic rings. The minimum atomic E-state index is 0.251. The summed E-state index contributed by atoms with van der Waals surface area (Å²) in [6.45, 7) is 4.11. The molecule has 0 aliphatic heterocycles. The molecule has 0 amide bonds. The Balaban J connectivity index is 2.97. The van der Waals surface area contributed by atoms with E-state index in [2.05, 4.69) is 24.9 Å². The van der Waals surface area contributed by atoms with Crippen molar-refractivity contribution < 1.29 is 0 Å². The summed E-state index contributed by atoms with van der Waals surface area (Å²) in [6, 6.07) is 8.04. The van der Waals surface area contributed by atoms with Gasteiger partial charge in [-0.1, -0.05) is 6.07 Å². The molecule has 0 fully saturated rings. The molecule has 1 N–H and O–H groups in total. The van der Waals surface area contributed by atoms with Crippen molar-refractivity contribution in [1.82, 2.24) is 9.55 Å². The van der Waals surface area contributed by atoms with Gasteiger partial charge in [-0.2, -0.15) is 5.26 Å². The number of nitriles is 1. The number of fused-ring (bicyclic) bond motifs is 1. The van der Waals surface area contributed by atoms with Crippen molar-refractivity contribution in [3.8, 4) is 6.07 Å². The molecule has 15 heavy (non-hydrogen) atoms. The molecule has 2 rings (SSSR count). The molecule has 2 aromatic rings. The number of hydrogen-bond acceptors (Lipinski definition) is 2. The molecule has 0 atom stereocenters. The molecule has 0 spiro atoms. The molecule has 0 saturated carbocycles. The minimum absolute atomic E-state index is 0.251. The zero-order chi connectivity index (χ0) is 11.0. The van der Waals surface area contributed by atoms with Gasteiger partial charge in [0.15, 0.2) is 4.77 Å². The number of H-pyrrole nitrogens is 1. The van der Waals surface area contributed by atoms with Crippen molar-refractivity contribution in [2.45, 2.75) is 19.9 Å². The van der Waals surface area contributed by atoms with Gasteiger partial charge in [0.1, 0.15) is 6.07 Å². The largest absolute Gasteiger partial charge is 0.331 e. The fourth-order valence-corrected chi connectivity index (χ4v) is 2.18. The molecule has 4 heteroatoms. The van der Waals surface area contributed by atoms with E-state index in [4.69, 9.17) is 17.5 Å². The molecular formula is C11H11N3S. The van der Waals surface area contributed by atoms with E-state index in [1.165, 1.54) is 0 Å². The Labute approximate surface area is 93.0 Å². The number of nitrogens with one attached hydrogen (secondary N) is 1. The van der Waals surface area contributed by atoms with Crippen molar-refractivity contribution in [1.29, 1.82) is 5.26 Å². The highest BCUT2D eigenvalue weighted by Gasteiger charge is 2.10. The minimum Gasteiger partial charge on any atom is -0.331 e. The van der Waals surface area contributed by atoms with E-state index in [1.807, 2.05) is 22.8 Å². The van der Waals surface area contributed by atoms with Crippen molar-refractivity contribution in [2.75, 3.05) is 0 Å². The van der Waals surface area contributed by atoms with Crippen molar-refractivity contribution >= 4 is 23.3 Å². The number of aromatic amines is 1. The van der Waals surface area contributed by atoms with Crippen LogP contribution in [0.4, 0.5) is 0 Å². The van der Waals surface area contributed by atoms with Gasteiger partial charge in [-0.05, 0) is 38.2 Å². The van der Waals surface area contributed by atoms with Crippen LogP contribution in [-0.4, -0.2) is 9.55 Å². The van der Waals surface area contributed by atoms with E-state index >= 15 is 0 Å². The second kappa shape index (κ2) is 3.52. The molecule has 3 nitrogen and oxygen atoms in total. The zero-order valence-electron chi connectivity index (χ0n) is 8.61. The van der Waals surface area contributed by atoms with Crippen LogP contribution in [-0.2, 0) is 0 Å². The maximum atomic E-state index is 9.04. The van der Waals surface area contributed by atoms with Crippen molar-refractivity contribution in [2.24, 2.45) is 0 Å². The summed E-state index contributed by atoms with van der Waals surface area (Å²) < 4.78 is 2.64. The molecule has 1 heterocycles. The van der Waals surface area contributed by atoms with Gasteiger partial charge in [-0.15, -0.1) is 0 Å². The Kier molecular flexibility index (Phi) is 2.33. The van der Waals surface area contributed by atoms with Crippen molar-refractivity contribution in [3.05, 3.63) is 28.5 Å². The third-order valence-electron chi connectivity index (χ3n) is 2.37. The summed E-state index contributed by atoms with van der Waals surface area (Å²) in [6.07, 6.45) is 0. The van der Waals surface area contributed by atoms with E-state index in [9.17, 15) is 0 Å². The number of para-hydroxylation sites is 1. The summed E-state index contributed by atoms with van der Waals surface area (Å²) in [5.74, 6) is 0. The fraction of sp³-hybridized carbons (Fsp3) is 0.273. The van der Waals surface area contributed by atoms with E-state index in [0.29, 0.717) is 10.3 Å². The Morgan fingerprint density at radius 1 is 1.47 bits per heavy atom. The maximum absolute atomic E-state index is 9.04. The first-order valence-corrected chi connectivity index (χ1v) is 5.19. The Morgan fingerprint density at radius 3 is 2.80 bits per heavy atom. The van der Waals surface area contributed by atoms with E-state index in [-0.39, 0.29) is 6.04 Å². The third-order valence-corrected chi connectivity index (χ3v) is 2.67. The quantitative estimate of drug-likeness (QED) is 0.746. The molecule has 0 saturated heterocycles. The van der Waals surface area contributed by atoms with Crippen LogP contribution in [0.2, 0.25) is 0 Å². The van der Waals surface area contributed by atoms with Crippen LogP contribution in [0.5, 0.6) is 0 Å². The number of hydrogen-bond donors (Lipinski definition) is 1. The highest BCUT2D eigenvalue weighted by atomic mass is 32.1. The highest BCUT2D eigenvalue weighted by molar-refractivity contribution is 7.71. The van der Waals surface area contributed by atoms with E-state index in [0.717, 1.165) is 11.0 Å². The van der Waals surface area contributed by atoms with Crippen LogP contribution in [0, 0.1) is 16.1 Å². The van der Waals surface area contributed by atoms with Crippen LogP contribution < -0.4 is 0 Å². The van der Waals surface area contributed by atoms with Crippen LogP contribution in [0.25, 0.3) is 11.0 Å². The predicted molar refractivity (Wildman–Crippen MR) is 62.2 cm³/mol. The first-order chi connectivity index (χ1) is 7.15. The number of rotatable bonds is 1. The van der Waals surface area contributed by atoms with Gasteiger partial charge in [0.2, 0.25) is 0 Å². The monoisotopic (exact) mass is 217 g/mol. The smallest absolute Gasteiger partial charge is 0.178 e.